The summed E-state index contributed by atoms with van der Waals surface area (Å²) in [5.74, 6) is -0.0181. The number of aliphatic hydroxyl groups is 1. The third kappa shape index (κ3) is 5.24. The van der Waals surface area contributed by atoms with Crippen LogP contribution in [-0.4, -0.2) is 71.3 Å². The van der Waals surface area contributed by atoms with Gasteiger partial charge in [0.15, 0.2) is 0 Å². The van der Waals surface area contributed by atoms with E-state index in [1.807, 2.05) is 0 Å². The Morgan fingerprint density at radius 1 is 1.33 bits per heavy atom. The number of hydrogen-bond acceptors (Lipinski definition) is 7. The topological polar surface area (TPSA) is 98.7 Å². The average Bonchev–Trinajstić information content (AvgIpc) is 3.29. The number of aromatic nitrogens is 2. The fourth-order valence-electron chi connectivity index (χ4n) is 3.61. The van der Waals surface area contributed by atoms with Crippen LogP contribution in [0, 0.1) is 11.8 Å². The van der Waals surface area contributed by atoms with E-state index in [1.54, 1.807) is 4.90 Å². The van der Waals surface area contributed by atoms with Crippen LogP contribution in [0.15, 0.2) is 0 Å². The predicted molar refractivity (Wildman–Crippen MR) is 104 cm³/mol. The number of anilines is 1. The summed E-state index contributed by atoms with van der Waals surface area (Å²) in [6.07, 6.45) is 4.11. The molecule has 0 bridgehead atoms. The van der Waals surface area contributed by atoms with E-state index < -0.39 is 0 Å². The molecule has 2 fully saturated rings. The number of amides is 2. The van der Waals surface area contributed by atoms with Gasteiger partial charge in [-0.15, -0.1) is 10.2 Å². The molecule has 150 valence electrons. The second kappa shape index (κ2) is 9.57. The molecule has 1 aromatic heterocycles. The molecule has 8 nitrogen and oxygen atoms in total. The van der Waals surface area contributed by atoms with Crippen LogP contribution >= 0.6 is 11.3 Å². The minimum absolute atomic E-state index is 0.0552. The summed E-state index contributed by atoms with van der Waals surface area (Å²) >= 11 is 1.44. The normalized spacial score (nSPS) is 21.8. The molecule has 0 spiro atoms. The van der Waals surface area contributed by atoms with Crippen LogP contribution in [0.25, 0.3) is 0 Å². The van der Waals surface area contributed by atoms with Crippen molar-refractivity contribution in [2.45, 2.75) is 39.0 Å². The molecule has 0 radical (unpaired) electrons. The fraction of sp³-hybridized carbons (Fsp3) is 0.778. The minimum Gasteiger partial charge on any atom is -0.396 e. The van der Waals surface area contributed by atoms with Crippen molar-refractivity contribution in [3.8, 4) is 0 Å². The van der Waals surface area contributed by atoms with Gasteiger partial charge in [-0.05, 0) is 38.3 Å². The first-order valence-electron chi connectivity index (χ1n) is 9.84. The molecule has 2 N–H and O–H groups in total. The van der Waals surface area contributed by atoms with E-state index in [-0.39, 0.29) is 30.8 Å². The van der Waals surface area contributed by atoms with Crippen molar-refractivity contribution < 1.29 is 14.7 Å². The van der Waals surface area contributed by atoms with E-state index >= 15 is 0 Å². The van der Waals surface area contributed by atoms with Gasteiger partial charge in [-0.2, -0.15) is 0 Å². The number of nitrogens with one attached hydrogen (secondary N) is 1. The van der Waals surface area contributed by atoms with Crippen molar-refractivity contribution in [2.24, 2.45) is 11.8 Å². The number of carbonyl (C=O) groups excluding carboxylic acids is 2. The third-order valence-electron chi connectivity index (χ3n) is 5.34. The number of aryl methyl sites for hydroxylation is 1. The molecule has 2 aliphatic heterocycles. The Morgan fingerprint density at radius 3 is 2.81 bits per heavy atom. The number of carbonyl (C=O) groups is 2. The van der Waals surface area contributed by atoms with Crippen molar-refractivity contribution in [3.05, 3.63) is 5.01 Å². The van der Waals surface area contributed by atoms with Gasteiger partial charge in [0.1, 0.15) is 5.01 Å². The lowest BCUT2D eigenvalue weighted by Crippen LogP contribution is -2.41. The van der Waals surface area contributed by atoms with Gasteiger partial charge in [0.05, 0.1) is 5.92 Å². The first-order chi connectivity index (χ1) is 13.1. The molecule has 0 aliphatic carbocycles. The SMILES string of the molecule is CCCc1nnc(N2CC(C(=O)NCCN3CCC(CO)CC3)CC2=O)s1. The van der Waals surface area contributed by atoms with Gasteiger partial charge in [0.2, 0.25) is 16.9 Å². The van der Waals surface area contributed by atoms with Crippen molar-refractivity contribution in [2.75, 3.05) is 44.2 Å². The van der Waals surface area contributed by atoms with Crippen LogP contribution in [0.4, 0.5) is 5.13 Å². The van der Waals surface area contributed by atoms with E-state index in [4.69, 9.17) is 0 Å². The zero-order valence-corrected chi connectivity index (χ0v) is 16.7. The molecule has 2 saturated heterocycles. The van der Waals surface area contributed by atoms with Crippen LogP contribution in [-0.2, 0) is 16.0 Å². The van der Waals surface area contributed by atoms with Crippen LogP contribution < -0.4 is 10.2 Å². The van der Waals surface area contributed by atoms with Gasteiger partial charge in [-0.1, -0.05) is 18.3 Å². The summed E-state index contributed by atoms with van der Waals surface area (Å²) in [4.78, 5) is 28.6. The maximum Gasteiger partial charge on any atom is 0.229 e. The number of piperidine rings is 1. The van der Waals surface area contributed by atoms with Crippen molar-refractivity contribution in [1.29, 1.82) is 0 Å². The van der Waals surface area contributed by atoms with Crippen LogP contribution in [0.5, 0.6) is 0 Å². The number of hydrogen-bond donors (Lipinski definition) is 2. The Bertz CT molecular complexity index is 645. The van der Waals surface area contributed by atoms with Gasteiger partial charge in [0.25, 0.3) is 0 Å². The highest BCUT2D eigenvalue weighted by molar-refractivity contribution is 7.15. The molecule has 2 amide bonds. The van der Waals surface area contributed by atoms with Crippen LogP contribution in [0.2, 0.25) is 0 Å². The molecule has 2 aliphatic rings. The monoisotopic (exact) mass is 395 g/mol. The van der Waals surface area contributed by atoms with Gasteiger partial charge < -0.3 is 15.3 Å². The molecule has 3 rings (SSSR count). The maximum absolute atomic E-state index is 12.4. The minimum atomic E-state index is -0.323. The second-order valence-electron chi connectivity index (χ2n) is 7.39. The molecule has 27 heavy (non-hydrogen) atoms. The van der Waals surface area contributed by atoms with E-state index in [0.717, 1.165) is 50.3 Å². The van der Waals surface area contributed by atoms with Crippen LogP contribution in [0.1, 0.15) is 37.6 Å². The quantitative estimate of drug-likeness (QED) is 0.671. The number of nitrogens with zero attached hydrogens (tertiary/aromatic N) is 4. The van der Waals surface area contributed by atoms with Crippen molar-refractivity contribution >= 4 is 28.3 Å². The molecular weight excluding hydrogens is 366 g/mol. The molecule has 1 atom stereocenters. The summed E-state index contributed by atoms with van der Waals surface area (Å²) in [7, 11) is 0. The van der Waals surface area contributed by atoms with Gasteiger partial charge >= 0.3 is 0 Å². The van der Waals surface area contributed by atoms with Crippen molar-refractivity contribution in [1.82, 2.24) is 20.4 Å². The summed E-state index contributed by atoms with van der Waals surface area (Å²) in [5.41, 5.74) is 0. The van der Waals surface area contributed by atoms with E-state index in [2.05, 4.69) is 27.3 Å². The predicted octanol–water partition coefficient (Wildman–Crippen LogP) is 0.664. The highest BCUT2D eigenvalue weighted by Crippen LogP contribution is 2.28. The van der Waals surface area contributed by atoms with Crippen molar-refractivity contribution in [3.63, 3.8) is 0 Å². The lowest BCUT2D eigenvalue weighted by molar-refractivity contribution is -0.126. The zero-order valence-electron chi connectivity index (χ0n) is 15.9. The summed E-state index contributed by atoms with van der Waals surface area (Å²) in [5, 5.41) is 21.9. The highest BCUT2D eigenvalue weighted by Gasteiger charge is 2.36. The van der Waals surface area contributed by atoms with Crippen LogP contribution in [0.3, 0.4) is 0 Å². The number of rotatable bonds is 8. The van der Waals surface area contributed by atoms with E-state index in [1.165, 1.54) is 11.3 Å². The number of likely N-dealkylation sites (tertiary alicyclic amines) is 1. The molecule has 1 unspecified atom stereocenters. The summed E-state index contributed by atoms with van der Waals surface area (Å²) in [6, 6.07) is 0. The zero-order chi connectivity index (χ0) is 19.2. The number of aliphatic hydroxyl groups excluding tert-OH is 1. The smallest absolute Gasteiger partial charge is 0.229 e. The first-order valence-corrected chi connectivity index (χ1v) is 10.7. The second-order valence-corrected chi connectivity index (χ2v) is 8.43. The maximum atomic E-state index is 12.4. The lowest BCUT2D eigenvalue weighted by Gasteiger charge is -2.31. The molecule has 0 saturated carbocycles. The first kappa shape index (κ1) is 20.2. The molecular formula is C18H29N5O3S. The molecule has 3 heterocycles. The molecule has 1 aromatic rings. The molecule has 9 heteroatoms. The Hall–Kier alpha value is -1.58. The Labute approximate surface area is 163 Å². The Balaban J connectivity index is 1.42. The third-order valence-corrected chi connectivity index (χ3v) is 6.35. The Kier molecular flexibility index (Phi) is 7.14. The van der Waals surface area contributed by atoms with E-state index in [9.17, 15) is 14.7 Å². The summed E-state index contributed by atoms with van der Waals surface area (Å²) in [6.45, 7) is 6.07. The Morgan fingerprint density at radius 2 is 2.11 bits per heavy atom. The van der Waals surface area contributed by atoms with E-state index in [0.29, 0.717) is 24.1 Å². The van der Waals surface area contributed by atoms with Gasteiger partial charge in [0, 0.05) is 39.1 Å². The largest absolute Gasteiger partial charge is 0.396 e. The lowest BCUT2D eigenvalue weighted by atomic mass is 9.98. The summed E-state index contributed by atoms with van der Waals surface area (Å²) < 4.78 is 0. The standard InChI is InChI=1S/C18H29N5O3S/c1-2-3-15-20-21-18(27-15)23-11-14(10-16(23)25)17(26)19-6-9-22-7-4-13(12-24)5-8-22/h13-14,24H,2-12H2,1H3,(H,19,26). The van der Waals surface area contributed by atoms with Gasteiger partial charge in [-0.3, -0.25) is 14.5 Å². The average molecular weight is 396 g/mol. The fourth-order valence-corrected chi connectivity index (χ4v) is 4.58. The highest BCUT2D eigenvalue weighted by atomic mass is 32.1. The van der Waals surface area contributed by atoms with Gasteiger partial charge in [-0.25, -0.2) is 0 Å². The molecule has 0 aromatic carbocycles.